The summed E-state index contributed by atoms with van der Waals surface area (Å²) in [6, 6.07) is -2.26. The van der Waals surface area contributed by atoms with E-state index in [9.17, 15) is 58.5 Å². The molecule has 1 aromatic carbocycles. The van der Waals surface area contributed by atoms with Gasteiger partial charge < -0.3 is 89.7 Å². The van der Waals surface area contributed by atoms with Crippen LogP contribution in [0.25, 0.3) is 0 Å². The third kappa shape index (κ3) is 34.3. The summed E-state index contributed by atoms with van der Waals surface area (Å²) in [5, 5.41) is 50.6. The predicted molar refractivity (Wildman–Crippen MR) is 280 cm³/mol. The number of aliphatic hydroxyl groups is 1. The number of nitrogens with zero attached hydrogens (tertiary/aromatic N) is 2. The van der Waals surface area contributed by atoms with Gasteiger partial charge >= 0.3 is 5.97 Å². The first-order valence-electron chi connectivity index (χ1n) is 25.6. The molecule has 0 spiro atoms. The lowest BCUT2D eigenvalue weighted by molar-refractivity contribution is -0.222. The zero-order valence-corrected chi connectivity index (χ0v) is 44.6. The minimum Gasteiger partial charge on any atom is -0.508 e. The predicted octanol–water partition coefficient (Wildman–Crippen LogP) is -4.65. The van der Waals surface area contributed by atoms with Gasteiger partial charge in [0.15, 0.2) is 5.96 Å². The van der Waals surface area contributed by atoms with Gasteiger partial charge in [-0.05, 0) is 87.1 Å². The summed E-state index contributed by atoms with van der Waals surface area (Å²) in [5.41, 5.74) is 27.3. The standard InChI is InChI=1S/C46H78N14O15.C2H6/c1-29(62)55-34(9-6-18-53-46(49)50)42(69)59-36(27-30-10-12-31(63)13-11-30)44(71)58-35(14-15-39(65)66)43(70)60-37(28-61)45(72)57-33(8-2-4-17-47)41(68)52-20-22-74-24-26-75-25-23-73-21-16-38(64)56-32(40(48)67)7-3-5-19-54-51;1-2/h10-13,32-37,51,61,63H,2-9,14-28,47H2,1H3,(H2,48,67)(H,52,68)(H,55,62)(H,56,64)(H,57,72)(H,58,71)(H,59,69)(H,60,70)(H,65,66)(H4,49,50,53);1-2H3/p+1/t32?,33?,34?,35?,36-,37-;/m0./s1. The summed E-state index contributed by atoms with van der Waals surface area (Å²) in [6.45, 7) is 5.97. The Morgan fingerprint density at radius 1 is 0.597 bits per heavy atom. The topological polar surface area (TPSA) is 481 Å². The Hall–Kier alpha value is -7.08. The number of guanidine groups is 1. The van der Waals surface area contributed by atoms with E-state index in [4.69, 9.17) is 42.7 Å². The van der Waals surface area contributed by atoms with Crippen molar-refractivity contribution in [3.8, 4) is 5.75 Å². The number of carboxylic acids is 1. The number of amides is 8. The number of nitrogens with one attached hydrogen (secondary N) is 7. The van der Waals surface area contributed by atoms with Crippen molar-refractivity contribution in [2.24, 2.45) is 33.0 Å². The van der Waals surface area contributed by atoms with Crippen LogP contribution in [0.2, 0.25) is 0 Å². The van der Waals surface area contributed by atoms with E-state index in [2.05, 4.69) is 47.3 Å². The van der Waals surface area contributed by atoms with Crippen LogP contribution in [0.1, 0.15) is 97.0 Å². The summed E-state index contributed by atoms with van der Waals surface area (Å²) in [5.74, 6) is -7.62. The number of rotatable bonds is 43. The number of phenols is 1. The lowest BCUT2D eigenvalue weighted by Gasteiger charge is -2.27. The van der Waals surface area contributed by atoms with E-state index in [0.717, 1.165) is 0 Å². The molecule has 6 atom stereocenters. The van der Waals surface area contributed by atoms with Crippen molar-refractivity contribution >= 4 is 59.2 Å². The minimum atomic E-state index is -1.69. The molecule has 20 N–H and O–H groups in total. The zero-order valence-electron chi connectivity index (χ0n) is 44.6. The molecule has 0 aliphatic heterocycles. The second-order valence-corrected chi connectivity index (χ2v) is 17.0. The van der Waals surface area contributed by atoms with Crippen LogP contribution in [0, 0.1) is 0 Å². The number of carboxylic acid groups (broad SMARTS) is 1. The molecule has 1 rings (SSSR count). The molecule has 4 unspecified atom stereocenters. The lowest BCUT2D eigenvalue weighted by Crippen LogP contribution is -2.60. The normalized spacial score (nSPS) is 13.0. The maximum absolute atomic E-state index is 14.0. The van der Waals surface area contributed by atoms with E-state index in [1.54, 1.807) is 0 Å². The Kier molecular flexibility index (Phi) is 39.1. The van der Waals surface area contributed by atoms with Gasteiger partial charge in [0.2, 0.25) is 47.3 Å². The van der Waals surface area contributed by atoms with Gasteiger partial charge in [-0.15, -0.1) is 0 Å². The molecular weight excluding hydrogens is 1010 g/mol. The maximum Gasteiger partial charge on any atom is 0.303 e. The Morgan fingerprint density at radius 3 is 1.66 bits per heavy atom. The Morgan fingerprint density at radius 2 is 1.10 bits per heavy atom. The molecule has 436 valence electrons. The Labute approximate surface area is 448 Å². The van der Waals surface area contributed by atoms with Crippen LogP contribution in [0.5, 0.6) is 5.75 Å². The van der Waals surface area contributed by atoms with Crippen molar-refractivity contribution in [2.45, 2.75) is 134 Å². The number of carbonyl (C=O) groups excluding carboxylic acids is 8. The number of benzene rings is 1. The van der Waals surface area contributed by atoms with Crippen LogP contribution in [0.15, 0.2) is 34.4 Å². The highest BCUT2D eigenvalue weighted by molar-refractivity contribution is 5.96. The molecular formula is C48H85N14O15+. The first-order valence-corrected chi connectivity index (χ1v) is 25.6. The van der Waals surface area contributed by atoms with Crippen LogP contribution in [0.4, 0.5) is 0 Å². The van der Waals surface area contributed by atoms with Gasteiger partial charge in [0.05, 0.1) is 46.2 Å². The number of aliphatic carboxylic acids is 1. The van der Waals surface area contributed by atoms with Crippen molar-refractivity contribution in [2.75, 3.05) is 72.4 Å². The van der Waals surface area contributed by atoms with Gasteiger partial charge in [0.1, 0.15) is 48.5 Å². The number of hydrogen-bond donors (Lipinski definition) is 15. The Balaban J connectivity index is 0.0000285. The third-order valence-corrected chi connectivity index (χ3v) is 10.8. The summed E-state index contributed by atoms with van der Waals surface area (Å²) >= 11 is 0. The highest BCUT2D eigenvalue weighted by Crippen LogP contribution is 2.13. The molecule has 29 heteroatoms. The Bertz CT molecular complexity index is 1980. The fourth-order valence-corrected chi connectivity index (χ4v) is 6.86. The number of aromatic hydroxyl groups is 1. The number of ether oxygens (including phenoxy) is 3. The van der Waals surface area contributed by atoms with Gasteiger partial charge in [-0.3, -0.25) is 48.1 Å². The highest BCUT2D eigenvalue weighted by Gasteiger charge is 2.33. The average molecular weight is 1100 g/mol. The van der Waals surface area contributed by atoms with Gasteiger partial charge in [-0.1, -0.05) is 26.0 Å². The first kappa shape index (κ1) is 69.9. The number of unbranched alkanes of at least 4 members (excludes halogenated alkanes) is 2. The van der Waals surface area contributed by atoms with E-state index in [0.29, 0.717) is 50.8 Å². The van der Waals surface area contributed by atoms with Crippen molar-refractivity contribution in [1.29, 1.82) is 0 Å². The molecule has 0 saturated carbocycles. The average Bonchev–Trinajstić information content (AvgIpc) is 3.38. The SMILES string of the molecule is CC.CC(=O)NC(CCCN=C(N)N)C(=O)N[C@@H](Cc1ccc(O)cc1)C(=O)NC(CCC(=O)O)C(=O)N[C@@H](CO)C(=O)NC(CCCCN)C(=O)NCCOCCOCCOCCC(=O)NC(CCCCN=[NH2+])C(N)=O. The van der Waals surface area contributed by atoms with Crippen molar-refractivity contribution < 1.29 is 78.2 Å². The summed E-state index contributed by atoms with van der Waals surface area (Å²) in [4.78, 5) is 119. The van der Waals surface area contributed by atoms with Crippen LogP contribution in [0.3, 0.4) is 0 Å². The molecule has 1 aromatic rings. The van der Waals surface area contributed by atoms with Gasteiger partial charge in [-0.2, -0.15) is 5.53 Å². The van der Waals surface area contributed by atoms with E-state index in [1.165, 1.54) is 31.2 Å². The quantitative estimate of drug-likeness (QED) is 0.0127. The maximum atomic E-state index is 14.0. The molecule has 0 heterocycles. The second kappa shape index (κ2) is 43.1. The fourth-order valence-electron chi connectivity index (χ4n) is 6.86. The van der Waals surface area contributed by atoms with Gasteiger partial charge in [-0.25, -0.2) is 0 Å². The van der Waals surface area contributed by atoms with Gasteiger partial charge in [0, 0.05) is 39.3 Å². The van der Waals surface area contributed by atoms with Crippen LogP contribution in [-0.4, -0.2) is 183 Å². The van der Waals surface area contributed by atoms with Crippen molar-refractivity contribution in [3.05, 3.63) is 29.8 Å². The van der Waals surface area contributed by atoms with Crippen LogP contribution in [-0.2, 0) is 63.8 Å². The number of carbonyl (C=O) groups is 9. The van der Waals surface area contributed by atoms with E-state index in [1.807, 2.05) is 13.8 Å². The lowest BCUT2D eigenvalue weighted by atomic mass is 10.0. The fraction of sp³-hybridized carbons (Fsp3) is 0.667. The molecule has 77 heavy (non-hydrogen) atoms. The number of aliphatic hydroxyl groups excluding tert-OH is 1. The van der Waals surface area contributed by atoms with Gasteiger partial charge in [0.25, 0.3) is 0 Å². The molecule has 29 nitrogen and oxygen atoms in total. The number of nitrogens with two attached hydrogens (primary N) is 5. The summed E-state index contributed by atoms with van der Waals surface area (Å²) in [6.07, 6.45) is 1.64. The van der Waals surface area contributed by atoms with Crippen molar-refractivity contribution in [1.82, 2.24) is 37.2 Å². The summed E-state index contributed by atoms with van der Waals surface area (Å²) < 4.78 is 16.4. The van der Waals surface area contributed by atoms with Crippen LogP contribution >= 0.6 is 0 Å². The van der Waals surface area contributed by atoms with Crippen LogP contribution < -0.4 is 65.7 Å². The zero-order chi connectivity index (χ0) is 58.0. The number of aliphatic imine (C=N–C) groups is 1. The molecule has 0 fully saturated rings. The molecule has 0 aliphatic carbocycles. The number of hydrogen-bond acceptors (Lipinski definition) is 17. The molecule has 0 bridgehead atoms. The molecule has 0 saturated heterocycles. The smallest absolute Gasteiger partial charge is 0.303 e. The second-order valence-electron chi connectivity index (χ2n) is 17.0. The van der Waals surface area contributed by atoms with Crippen molar-refractivity contribution in [3.63, 3.8) is 0 Å². The third-order valence-electron chi connectivity index (χ3n) is 10.8. The largest absolute Gasteiger partial charge is 0.508 e. The summed E-state index contributed by atoms with van der Waals surface area (Å²) in [7, 11) is 0. The van der Waals surface area contributed by atoms with E-state index < -0.39 is 103 Å². The first-order chi connectivity index (χ1) is 36.8. The van der Waals surface area contributed by atoms with E-state index in [-0.39, 0.29) is 102 Å². The number of phenolic OH excluding ortho intramolecular Hbond substituents is 1. The molecule has 0 aromatic heterocycles. The molecule has 8 amide bonds. The van der Waals surface area contributed by atoms with E-state index >= 15 is 0 Å². The molecule has 0 radical (unpaired) electrons. The number of primary amides is 1. The monoisotopic (exact) mass is 1100 g/mol. The minimum absolute atomic E-state index is 0.0123. The molecule has 0 aliphatic rings. The highest BCUT2D eigenvalue weighted by atomic mass is 16.5.